The predicted molar refractivity (Wildman–Crippen MR) is 102 cm³/mol. The zero-order chi connectivity index (χ0) is 17.2. The van der Waals surface area contributed by atoms with Crippen LogP contribution in [0.3, 0.4) is 0 Å². The third-order valence-corrected chi connectivity index (χ3v) is 5.36. The van der Waals surface area contributed by atoms with Gasteiger partial charge in [0.25, 0.3) is 5.91 Å². The number of thioether (sulfide) groups is 1. The van der Waals surface area contributed by atoms with E-state index in [1.165, 1.54) is 17.4 Å². The van der Waals surface area contributed by atoms with Gasteiger partial charge in [0.1, 0.15) is 11.5 Å². The normalized spacial score (nSPS) is 19.6. The Morgan fingerprint density at radius 3 is 2.44 bits per heavy atom. The minimum absolute atomic E-state index is 0.181. The fourth-order valence-electron chi connectivity index (χ4n) is 2.99. The van der Waals surface area contributed by atoms with E-state index in [2.05, 4.69) is 39.1 Å². The molecule has 2 aromatic rings. The van der Waals surface area contributed by atoms with Gasteiger partial charge in [0, 0.05) is 37.9 Å². The van der Waals surface area contributed by atoms with Gasteiger partial charge in [0.2, 0.25) is 0 Å². The summed E-state index contributed by atoms with van der Waals surface area (Å²) >= 11 is 1.44. The first-order valence-corrected chi connectivity index (χ1v) is 9.15. The van der Waals surface area contributed by atoms with E-state index < -0.39 is 0 Å². The summed E-state index contributed by atoms with van der Waals surface area (Å²) in [7, 11) is 0. The van der Waals surface area contributed by atoms with Crippen LogP contribution in [0.4, 0.5) is 5.69 Å². The summed E-state index contributed by atoms with van der Waals surface area (Å²) in [6.07, 6.45) is 1.77. The van der Waals surface area contributed by atoms with E-state index in [1.54, 1.807) is 6.08 Å². The van der Waals surface area contributed by atoms with Crippen LogP contribution in [0.25, 0.3) is 6.08 Å². The molecule has 1 saturated heterocycles. The van der Waals surface area contributed by atoms with Crippen LogP contribution in [0.2, 0.25) is 0 Å². The summed E-state index contributed by atoms with van der Waals surface area (Å²) in [6.45, 7) is 5.46. The molecule has 4 rings (SSSR count). The molecule has 25 heavy (non-hydrogen) atoms. The van der Waals surface area contributed by atoms with Gasteiger partial charge in [-0.1, -0.05) is 18.2 Å². The maximum absolute atomic E-state index is 12.2. The molecule has 0 N–H and O–H groups in total. The minimum atomic E-state index is -0.181. The SMILES string of the molecule is Cc1ccc(C=C2SC(N3CCN(c4ccccc4)CC3)=NC2=O)o1. The van der Waals surface area contributed by atoms with Crippen LogP contribution in [-0.2, 0) is 4.79 Å². The van der Waals surface area contributed by atoms with Crippen LogP contribution >= 0.6 is 11.8 Å². The van der Waals surface area contributed by atoms with Crippen molar-refractivity contribution in [1.29, 1.82) is 0 Å². The maximum atomic E-state index is 12.2. The molecule has 0 radical (unpaired) electrons. The summed E-state index contributed by atoms with van der Waals surface area (Å²) < 4.78 is 5.52. The van der Waals surface area contributed by atoms with E-state index >= 15 is 0 Å². The highest BCUT2D eigenvalue weighted by molar-refractivity contribution is 8.18. The molecule has 0 saturated carbocycles. The number of carbonyl (C=O) groups excluding carboxylic acids is 1. The van der Waals surface area contributed by atoms with Crippen molar-refractivity contribution in [2.24, 2.45) is 4.99 Å². The van der Waals surface area contributed by atoms with Crippen molar-refractivity contribution < 1.29 is 9.21 Å². The van der Waals surface area contributed by atoms with Gasteiger partial charge in [-0.15, -0.1) is 0 Å². The smallest absolute Gasteiger partial charge is 0.286 e. The van der Waals surface area contributed by atoms with E-state index in [-0.39, 0.29) is 5.91 Å². The van der Waals surface area contributed by atoms with Crippen LogP contribution in [0.15, 0.2) is 56.8 Å². The van der Waals surface area contributed by atoms with Crippen LogP contribution in [0.5, 0.6) is 0 Å². The number of anilines is 1. The first kappa shape index (κ1) is 16.0. The number of aryl methyl sites for hydroxylation is 1. The Labute approximate surface area is 151 Å². The van der Waals surface area contributed by atoms with Crippen molar-refractivity contribution >= 4 is 34.6 Å². The monoisotopic (exact) mass is 353 g/mol. The molecule has 1 fully saturated rings. The lowest BCUT2D eigenvalue weighted by Gasteiger charge is -2.36. The summed E-state index contributed by atoms with van der Waals surface area (Å²) in [5.41, 5.74) is 1.24. The quantitative estimate of drug-likeness (QED) is 0.775. The van der Waals surface area contributed by atoms with Gasteiger partial charge in [0.05, 0.1) is 4.91 Å². The fourth-order valence-corrected chi connectivity index (χ4v) is 3.93. The van der Waals surface area contributed by atoms with Gasteiger partial charge in [-0.05, 0) is 43.0 Å². The summed E-state index contributed by atoms with van der Waals surface area (Å²) in [5.74, 6) is 1.35. The highest BCUT2D eigenvalue weighted by Crippen LogP contribution is 2.31. The zero-order valence-electron chi connectivity index (χ0n) is 14.0. The van der Waals surface area contributed by atoms with Crippen LogP contribution in [0.1, 0.15) is 11.5 Å². The molecule has 2 aliphatic rings. The molecule has 6 heteroatoms. The molecule has 1 aromatic carbocycles. The van der Waals surface area contributed by atoms with Crippen LogP contribution < -0.4 is 4.90 Å². The van der Waals surface area contributed by atoms with E-state index in [0.717, 1.165) is 37.1 Å². The number of para-hydroxylation sites is 1. The van der Waals surface area contributed by atoms with Crippen molar-refractivity contribution in [2.75, 3.05) is 31.1 Å². The molecule has 5 nitrogen and oxygen atoms in total. The molecule has 1 amide bonds. The first-order valence-electron chi connectivity index (χ1n) is 8.33. The highest BCUT2D eigenvalue weighted by Gasteiger charge is 2.28. The number of hydrogen-bond acceptors (Lipinski definition) is 5. The van der Waals surface area contributed by atoms with Crippen molar-refractivity contribution in [3.63, 3.8) is 0 Å². The number of carbonyl (C=O) groups is 1. The number of amides is 1. The Hall–Kier alpha value is -2.47. The highest BCUT2D eigenvalue weighted by atomic mass is 32.2. The van der Waals surface area contributed by atoms with Gasteiger partial charge in [0.15, 0.2) is 5.17 Å². The molecule has 0 unspecified atom stereocenters. The molecule has 128 valence electrons. The number of rotatable bonds is 2. The first-order chi connectivity index (χ1) is 12.2. The van der Waals surface area contributed by atoms with E-state index in [1.807, 2.05) is 25.1 Å². The lowest BCUT2D eigenvalue weighted by atomic mass is 10.2. The number of furan rings is 1. The van der Waals surface area contributed by atoms with Crippen LogP contribution in [0, 0.1) is 6.92 Å². The summed E-state index contributed by atoms with van der Waals surface area (Å²) in [6, 6.07) is 14.2. The number of benzene rings is 1. The number of aliphatic imine (C=N–C) groups is 1. The topological polar surface area (TPSA) is 49.0 Å². The van der Waals surface area contributed by atoms with E-state index in [9.17, 15) is 4.79 Å². The Morgan fingerprint density at radius 2 is 1.76 bits per heavy atom. The van der Waals surface area contributed by atoms with Crippen molar-refractivity contribution in [2.45, 2.75) is 6.92 Å². The molecule has 2 aliphatic heterocycles. The minimum Gasteiger partial charge on any atom is -0.462 e. The van der Waals surface area contributed by atoms with Gasteiger partial charge < -0.3 is 14.2 Å². The number of nitrogens with zero attached hydrogens (tertiary/aromatic N) is 3. The average molecular weight is 353 g/mol. The lowest BCUT2D eigenvalue weighted by molar-refractivity contribution is -0.113. The Morgan fingerprint density at radius 1 is 1.04 bits per heavy atom. The predicted octanol–water partition coefficient (Wildman–Crippen LogP) is 3.38. The second kappa shape index (κ2) is 6.80. The molecule has 3 heterocycles. The van der Waals surface area contributed by atoms with Crippen molar-refractivity contribution in [1.82, 2.24) is 4.90 Å². The van der Waals surface area contributed by atoms with Gasteiger partial charge in [-0.2, -0.15) is 4.99 Å². The molecular weight excluding hydrogens is 334 g/mol. The number of amidine groups is 1. The average Bonchev–Trinajstić information content (AvgIpc) is 3.22. The molecule has 0 atom stereocenters. The maximum Gasteiger partial charge on any atom is 0.286 e. The molecule has 1 aromatic heterocycles. The standard InChI is InChI=1S/C19H19N3O2S/c1-14-7-8-16(24-14)13-17-18(23)20-19(25-17)22-11-9-21(10-12-22)15-5-3-2-4-6-15/h2-8,13H,9-12H2,1H3. The van der Waals surface area contributed by atoms with E-state index in [4.69, 9.17) is 4.42 Å². The summed E-state index contributed by atoms with van der Waals surface area (Å²) in [5, 5.41) is 0.798. The number of piperazine rings is 1. The van der Waals surface area contributed by atoms with E-state index in [0.29, 0.717) is 10.7 Å². The molecule has 0 spiro atoms. The number of hydrogen-bond donors (Lipinski definition) is 0. The Bertz CT molecular complexity index is 833. The van der Waals surface area contributed by atoms with Gasteiger partial charge in [-0.3, -0.25) is 4.79 Å². The third-order valence-electron chi connectivity index (χ3n) is 4.32. The lowest BCUT2D eigenvalue weighted by Crippen LogP contribution is -2.47. The molecule has 0 bridgehead atoms. The van der Waals surface area contributed by atoms with Gasteiger partial charge in [-0.25, -0.2) is 0 Å². The molecule has 0 aliphatic carbocycles. The van der Waals surface area contributed by atoms with Crippen LogP contribution in [-0.4, -0.2) is 42.2 Å². The second-order valence-corrected chi connectivity index (χ2v) is 7.08. The summed E-state index contributed by atoms with van der Waals surface area (Å²) in [4.78, 5) is 21.6. The molecular formula is C19H19N3O2S. The largest absolute Gasteiger partial charge is 0.462 e. The zero-order valence-corrected chi connectivity index (χ0v) is 14.8. The van der Waals surface area contributed by atoms with Gasteiger partial charge >= 0.3 is 0 Å². The van der Waals surface area contributed by atoms with Crippen molar-refractivity contribution in [3.05, 3.63) is 58.9 Å². The Balaban J connectivity index is 1.40. The Kier molecular flexibility index (Phi) is 4.36. The second-order valence-electron chi connectivity index (χ2n) is 6.07. The fraction of sp³-hybridized carbons (Fsp3) is 0.263. The third kappa shape index (κ3) is 3.49. The van der Waals surface area contributed by atoms with Crippen molar-refractivity contribution in [3.8, 4) is 0 Å².